The molecule has 2 aliphatic rings. The van der Waals surface area contributed by atoms with Gasteiger partial charge < -0.3 is 10.8 Å². The smallest absolute Gasteiger partial charge is 0.0829 e. The lowest BCUT2D eigenvalue weighted by molar-refractivity contribution is -0.0680. The zero-order valence-corrected chi connectivity index (χ0v) is 6.43. The normalized spacial score (nSPS) is 50.1. The second kappa shape index (κ2) is 1.56. The highest BCUT2D eigenvalue weighted by Gasteiger charge is 2.63. The molecule has 2 atom stereocenters. The summed E-state index contributed by atoms with van der Waals surface area (Å²) in [5, 5.41) is 9.85. The first-order chi connectivity index (χ1) is 4.58. The van der Waals surface area contributed by atoms with E-state index >= 15 is 0 Å². The van der Waals surface area contributed by atoms with Gasteiger partial charge in [-0.25, -0.2) is 0 Å². The van der Waals surface area contributed by atoms with Crippen LogP contribution in [0.2, 0.25) is 0 Å². The fraction of sp³-hybridized carbons (Fsp3) is 1.00. The molecule has 0 aliphatic heterocycles. The van der Waals surface area contributed by atoms with Crippen molar-refractivity contribution in [3.63, 3.8) is 0 Å². The van der Waals surface area contributed by atoms with Crippen molar-refractivity contribution in [3.8, 4) is 0 Å². The average Bonchev–Trinajstić information content (AvgIpc) is 2.37. The molecule has 2 fully saturated rings. The first kappa shape index (κ1) is 6.62. The summed E-state index contributed by atoms with van der Waals surface area (Å²) in [6.45, 7) is 2.12. The third-order valence-electron chi connectivity index (χ3n) is 3.41. The number of hydrogen-bond donors (Lipinski definition) is 2. The lowest BCUT2D eigenvalue weighted by atomic mass is 9.72. The van der Waals surface area contributed by atoms with Gasteiger partial charge in [0.2, 0.25) is 0 Å². The molecule has 0 aromatic heterocycles. The van der Waals surface area contributed by atoms with E-state index in [9.17, 15) is 5.11 Å². The fourth-order valence-electron chi connectivity index (χ4n) is 2.07. The Bertz CT molecular complexity index is 157. The maximum absolute atomic E-state index is 9.85. The summed E-state index contributed by atoms with van der Waals surface area (Å²) in [6.07, 6.45) is 4.02. The van der Waals surface area contributed by atoms with Crippen LogP contribution in [0.5, 0.6) is 0 Å². The molecule has 0 amide bonds. The Morgan fingerprint density at radius 3 is 2.10 bits per heavy atom. The fourth-order valence-corrected chi connectivity index (χ4v) is 2.07. The summed E-state index contributed by atoms with van der Waals surface area (Å²) in [5.74, 6) is 0.540. The third-order valence-corrected chi connectivity index (χ3v) is 3.41. The van der Waals surface area contributed by atoms with Gasteiger partial charge in [0, 0.05) is 5.54 Å². The van der Waals surface area contributed by atoms with Crippen molar-refractivity contribution in [2.45, 2.75) is 43.7 Å². The average molecular weight is 141 g/mol. The Hall–Kier alpha value is -0.0800. The van der Waals surface area contributed by atoms with Crippen molar-refractivity contribution in [1.29, 1.82) is 0 Å². The van der Waals surface area contributed by atoms with Crippen LogP contribution in [0, 0.1) is 5.92 Å². The van der Waals surface area contributed by atoms with E-state index in [2.05, 4.69) is 6.92 Å². The minimum absolute atomic E-state index is 0.203. The van der Waals surface area contributed by atoms with Gasteiger partial charge in [-0.05, 0) is 31.6 Å². The molecule has 2 heteroatoms. The molecule has 0 aromatic rings. The molecule has 2 rings (SSSR count). The van der Waals surface area contributed by atoms with Gasteiger partial charge in [0.1, 0.15) is 0 Å². The van der Waals surface area contributed by atoms with Crippen LogP contribution in [0.25, 0.3) is 0 Å². The SMILES string of the molecule is CC1CC1(N)C1(O)CCC1. The van der Waals surface area contributed by atoms with Crippen LogP contribution < -0.4 is 5.73 Å². The quantitative estimate of drug-likeness (QED) is 0.563. The highest BCUT2D eigenvalue weighted by Crippen LogP contribution is 2.55. The summed E-state index contributed by atoms with van der Waals surface area (Å²) >= 11 is 0. The molecule has 0 heterocycles. The number of rotatable bonds is 1. The Balaban J connectivity index is 2.11. The lowest BCUT2D eigenvalue weighted by Crippen LogP contribution is -2.56. The molecule has 0 aromatic carbocycles. The minimum Gasteiger partial charge on any atom is -0.388 e. The largest absolute Gasteiger partial charge is 0.388 e. The van der Waals surface area contributed by atoms with E-state index in [1.54, 1.807) is 0 Å². The second-order valence-corrected chi connectivity index (χ2v) is 4.03. The Kier molecular flexibility index (Phi) is 1.03. The third kappa shape index (κ3) is 0.565. The van der Waals surface area contributed by atoms with E-state index in [0.29, 0.717) is 5.92 Å². The van der Waals surface area contributed by atoms with Gasteiger partial charge in [-0.1, -0.05) is 6.92 Å². The Labute approximate surface area is 61.4 Å². The highest BCUT2D eigenvalue weighted by atomic mass is 16.3. The van der Waals surface area contributed by atoms with Crippen molar-refractivity contribution in [1.82, 2.24) is 0 Å². The van der Waals surface area contributed by atoms with Gasteiger partial charge in [-0.3, -0.25) is 0 Å². The van der Waals surface area contributed by atoms with E-state index in [4.69, 9.17) is 5.73 Å². The van der Waals surface area contributed by atoms with Crippen molar-refractivity contribution >= 4 is 0 Å². The summed E-state index contributed by atoms with van der Waals surface area (Å²) in [6, 6.07) is 0. The summed E-state index contributed by atoms with van der Waals surface area (Å²) in [4.78, 5) is 0. The van der Waals surface area contributed by atoms with E-state index in [1.165, 1.54) is 0 Å². The van der Waals surface area contributed by atoms with E-state index in [1.807, 2.05) is 0 Å². The predicted octanol–water partition coefficient (Wildman–Crippen LogP) is 0.639. The first-order valence-corrected chi connectivity index (χ1v) is 4.10. The summed E-state index contributed by atoms with van der Waals surface area (Å²) in [7, 11) is 0. The van der Waals surface area contributed by atoms with Crippen LogP contribution in [-0.2, 0) is 0 Å². The van der Waals surface area contributed by atoms with Crippen molar-refractivity contribution in [2.75, 3.05) is 0 Å². The molecule has 0 saturated heterocycles. The summed E-state index contributed by atoms with van der Waals surface area (Å²) in [5.41, 5.74) is 5.30. The van der Waals surface area contributed by atoms with Crippen molar-refractivity contribution in [2.24, 2.45) is 11.7 Å². The molecule has 2 aliphatic carbocycles. The van der Waals surface area contributed by atoms with Crippen LogP contribution >= 0.6 is 0 Å². The van der Waals surface area contributed by atoms with Gasteiger partial charge in [-0.2, -0.15) is 0 Å². The molecule has 2 saturated carbocycles. The molecule has 0 spiro atoms. The summed E-state index contributed by atoms with van der Waals surface area (Å²) < 4.78 is 0. The Morgan fingerprint density at radius 1 is 1.50 bits per heavy atom. The van der Waals surface area contributed by atoms with Crippen LogP contribution in [0.15, 0.2) is 0 Å². The van der Waals surface area contributed by atoms with E-state index in [-0.39, 0.29) is 5.54 Å². The zero-order chi connectivity index (χ0) is 7.41. The molecule has 0 radical (unpaired) electrons. The number of hydrogen-bond acceptors (Lipinski definition) is 2. The molecule has 58 valence electrons. The molecular weight excluding hydrogens is 126 g/mol. The molecule has 3 N–H and O–H groups in total. The monoisotopic (exact) mass is 141 g/mol. The maximum atomic E-state index is 9.85. The number of aliphatic hydroxyl groups is 1. The van der Waals surface area contributed by atoms with Crippen LogP contribution in [-0.4, -0.2) is 16.2 Å². The maximum Gasteiger partial charge on any atom is 0.0829 e. The molecule has 0 bridgehead atoms. The van der Waals surface area contributed by atoms with Gasteiger partial charge >= 0.3 is 0 Å². The standard InChI is InChI=1S/C8H15NO/c1-6-5-8(6,9)7(10)3-2-4-7/h6,10H,2-5,9H2,1H3. The second-order valence-electron chi connectivity index (χ2n) is 4.03. The minimum atomic E-state index is -0.480. The molecule has 2 unspecified atom stereocenters. The van der Waals surface area contributed by atoms with Crippen molar-refractivity contribution < 1.29 is 5.11 Å². The van der Waals surface area contributed by atoms with Gasteiger partial charge in [0.15, 0.2) is 0 Å². The lowest BCUT2D eigenvalue weighted by Gasteiger charge is -2.42. The molecule has 10 heavy (non-hydrogen) atoms. The molecular formula is C8H15NO. The predicted molar refractivity (Wildman–Crippen MR) is 39.5 cm³/mol. The van der Waals surface area contributed by atoms with Crippen LogP contribution in [0.1, 0.15) is 32.6 Å². The topological polar surface area (TPSA) is 46.2 Å². The number of nitrogens with two attached hydrogens (primary N) is 1. The van der Waals surface area contributed by atoms with E-state index < -0.39 is 5.60 Å². The Morgan fingerprint density at radius 2 is 2.00 bits per heavy atom. The van der Waals surface area contributed by atoms with E-state index in [0.717, 1.165) is 25.7 Å². The van der Waals surface area contributed by atoms with Crippen LogP contribution in [0.3, 0.4) is 0 Å². The van der Waals surface area contributed by atoms with Gasteiger partial charge in [0.05, 0.1) is 5.60 Å². The van der Waals surface area contributed by atoms with Gasteiger partial charge in [0.25, 0.3) is 0 Å². The zero-order valence-electron chi connectivity index (χ0n) is 6.43. The van der Waals surface area contributed by atoms with Gasteiger partial charge in [-0.15, -0.1) is 0 Å². The first-order valence-electron chi connectivity index (χ1n) is 4.10. The van der Waals surface area contributed by atoms with Crippen molar-refractivity contribution in [3.05, 3.63) is 0 Å². The van der Waals surface area contributed by atoms with Crippen LogP contribution in [0.4, 0.5) is 0 Å². The highest BCUT2D eigenvalue weighted by molar-refractivity contribution is 5.20. The molecule has 2 nitrogen and oxygen atoms in total.